The molecule has 1 rings (SSSR count). The van der Waals surface area contributed by atoms with E-state index in [2.05, 4.69) is 44.3 Å². The van der Waals surface area contributed by atoms with E-state index in [-0.39, 0.29) is 0 Å². The molecule has 84 valence electrons. The van der Waals surface area contributed by atoms with Crippen LogP contribution in [0, 0.1) is 13.8 Å². The first-order valence-corrected chi connectivity index (χ1v) is 6.66. The Kier molecular flexibility index (Phi) is 5.20. The minimum absolute atomic E-state index is 0.480. The van der Waals surface area contributed by atoms with Crippen molar-refractivity contribution in [3.8, 4) is 0 Å². The van der Waals surface area contributed by atoms with Crippen LogP contribution in [-0.2, 0) is 0 Å². The largest absolute Gasteiger partial charge is 0.312 e. The maximum absolute atomic E-state index is 3.39. The maximum Gasteiger partial charge on any atom is 0.0409 e. The molecule has 1 atom stereocenters. The number of nitrogens with one attached hydrogen (secondary N) is 1. The molecule has 0 bridgehead atoms. The van der Waals surface area contributed by atoms with Gasteiger partial charge in [0, 0.05) is 11.8 Å². The fourth-order valence-corrected chi connectivity index (χ4v) is 2.62. The van der Waals surface area contributed by atoms with Gasteiger partial charge in [0.1, 0.15) is 0 Å². The lowest BCUT2D eigenvalue weighted by Crippen LogP contribution is -2.19. The molecule has 0 aliphatic rings. The molecule has 15 heavy (non-hydrogen) atoms. The third-order valence-corrected chi connectivity index (χ3v) is 3.46. The van der Waals surface area contributed by atoms with Crippen molar-refractivity contribution >= 4 is 11.8 Å². The van der Waals surface area contributed by atoms with Gasteiger partial charge >= 0.3 is 0 Å². The van der Waals surface area contributed by atoms with Gasteiger partial charge in [0.05, 0.1) is 0 Å². The molecule has 0 fully saturated rings. The summed E-state index contributed by atoms with van der Waals surface area (Å²) < 4.78 is 0. The highest BCUT2D eigenvalue weighted by molar-refractivity contribution is 7.99. The Morgan fingerprint density at radius 1 is 1.20 bits per heavy atom. The van der Waals surface area contributed by atoms with Gasteiger partial charge in [0.2, 0.25) is 0 Å². The summed E-state index contributed by atoms with van der Waals surface area (Å²) in [4.78, 5) is 0. The summed E-state index contributed by atoms with van der Waals surface area (Å²) in [6.45, 7) is 6.53. The SMILES string of the molecule is CCSCC(NC)c1cc(C)cc(C)c1. The minimum atomic E-state index is 0.480. The molecule has 0 aliphatic heterocycles. The van der Waals surface area contributed by atoms with Crippen molar-refractivity contribution in [1.82, 2.24) is 5.32 Å². The highest BCUT2D eigenvalue weighted by Crippen LogP contribution is 2.20. The Labute approximate surface area is 97.7 Å². The lowest BCUT2D eigenvalue weighted by molar-refractivity contribution is 0.661. The predicted octanol–water partition coefficient (Wildman–Crippen LogP) is 3.32. The van der Waals surface area contributed by atoms with Crippen molar-refractivity contribution < 1.29 is 0 Å². The topological polar surface area (TPSA) is 12.0 Å². The molecule has 1 nitrogen and oxygen atoms in total. The number of aryl methyl sites for hydroxylation is 2. The number of rotatable bonds is 5. The summed E-state index contributed by atoms with van der Waals surface area (Å²) in [7, 11) is 2.04. The quantitative estimate of drug-likeness (QED) is 0.822. The first-order chi connectivity index (χ1) is 7.17. The highest BCUT2D eigenvalue weighted by Gasteiger charge is 2.09. The van der Waals surface area contributed by atoms with Crippen LogP contribution in [0.25, 0.3) is 0 Å². The van der Waals surface area contributed by atoms with E-state index in [1.807, 2.05) is 18.8 Å². The molecule has 1 unspecified atom stereocenters. The summed E-state index contributed by atoms with van der Waals surface area (Å²) in [5, 5.41) is 3.39. The molecule has 2 heteroatoms. The van der Waals surface area contributed by atoms with E-state index in [1.54, 1.807) is 0 Å². The van der Waals surface area contributed by atoms with Crippen LogP contribution in [0.2, 0.25) is 0 Å². The lowest BCUT2D eigenvalue weighted by atomic mass is 10.0. The van der Waals surface area contributed by atoms with Crippen molar-refractivity contribution in [1.29, 1.82) is 0 Å². The molecular weight excluding hydrogens is 202 g/mol. The third kappa shape index (κ3) is 3.88. The first-order valence-electron chi connectivity index (χ1n) is 5.50. The Morgan fingerprint density at radius 2 is 1.80 bits per heavy atom. The Morgan fingerprint density at radius 3 is 2.27 bits per heavy atom. The van der Waals surface area contributed by atoms with Crippen molar-refractivity contribution in [3.63, 3.8) is 0 Å². The molecule has 0 aromatic heterocycles. The lowest BCUT2D eigenvalue weighted by Gasteiger charge is -2.17. The second-order valence-corrected chi connectivity index (χ2v) is 5.24. The highest BCUT2D eigenvalue weighted by atomic mass is 32.2. The van der Waals surface area contributed by atoms with Gasteiger partial charge in [-0.2, -0.15) is 11.8 Å². The molecule has 0 aliphatic carbocycles. The fraction of sp³-hybridized carbons (Fsp3) is 0.538. The van der Waals surface area contributed by atoms with Gasteiger partial charge in [-0.15, -0.1) is 0 Å². The summed E-state index contributed by atoms with van der Waals surface area (Å²) in [5.41, 5.74) is 4.12. The molecule has 0 saturated heterocycles. The van der Waals surface area contributed by atoms with E-state index in [1.165, 1.54) is 22.4 Å². The van der Waals surface area contributed by atoms with Crippen LogP contribution in [0.3, 0.4) is 0 Å². The van der Waals surface area contributed by atoms with Gasteiger partial charge in [0.15, 0.2) is 0 Å². The van der Waals surface area contributed by atoms with Gasteiger partial charge in [-0.05, 0) is 32.2 Å². The molecule has 1 aromatic carbocycles. The summed E-state index contributed by atoms with van der Waals surface area (Å²) in [6, 6.07) is 7.27. The molecule has 0 saturated carbocycles. The zero-order valence-electron chi connectivity index (χ0n) is 10.1. The molecule has 0 amide bonds. The van der Waals surface area contributed by atoms with E-state index in [4.69, 9.17) is 0 Å². The van der Waals surface area contributed by atoms with Crippen LogP contribution in [0.5, 0.6) is 0 Å². The van der Waals surface area contributed by atoms with E-state index in [0.717, 1.165) is 5.75 Å². The smallest absolute Gasteiger partial charge is 0.0409 e. The van der Waals surface area contributed by atoms with E-state index < -0.39 is 0 Å². The monoisotopic (exact) mass is 223 g/mol. The van der Waals surface area contributed by atoms with Crippen molar-refractivity contribution in [3.05, 3.63) is 34.9 Å². The zero-order valence-corrected chi connectivity index (χ0v) is 10.9. The zero-order chi connectivity index (χ0) is 11.3. The summed E-state index contributed by atoms with van der Waals surface area (Å²) >= 11 is 1.98. The van der Waals surface area contributed by atoms with E-state index in [9.17, 15) is 0 Å². The molecule has 0 spiro atoms. The predicted molar refractivity (Wildman–Crippen MR) is 70.7 cm³/mol. The second kappa shape index (κ2) is 6.19. The third-order valence-electron chi connectivity index (χ3n) is 2.48. The van der Waals surface area contributed by atoms with Crippen molar-refractivity contribution in [2.75, 3.05) is 18.6 Å². The molecule has 1 aromatic rings. The van der Waals surface area contributed by atoms with Crippen LogP contribution in [0.4, 0.5) is 0 Å². The Bertz CT molecular complexity index is 289. The van der Waals surface area contributed by atoms with E-state index >= 15 is 0 Å². The summed E-state index contributed by atoms with van der Waals surface area (Å²) in [5.74, 6) is 2.33. The molecule has 1 N–H and O–H groups in total. The molecule has 0 radical (unpaired) electrons. The Hall–Kier alpha value is -0.470. The van der Waals surface area contributed by atoms with Crippen LogP contribution < -0.4 is 5.32 Å². The van der Waals surface area contributed by atoms with Crippen molar-refractivity contribution in [2.24, 2.45) is 0 Å². The van der Waals surface area contributed by atoms with Crippen LogP contribution in [0.15, 0.2) is 18.2 Å². The first kappa shape index (κ1) is 12.6. The normalized spacial score (nSPS) is 12.8. The number of benzene rings is 1. The molecule has 0 heterocycles. The average Bonchev–Trinajstić information content (AvgIpc) is 2.17. The van der Waals surface area contributed by atoms with Gasteiger partial charge in [-0.1, -0.05) is 36.2 Å². The van der Waals surface area contributed by atoms with Crippen LogP contribution in [-0.4, -0.2) is 18.6 Å². The maximum atomic E-state index is 3.39. The van der Waals surface area contributed by atoms with Crippen molar-refractivity contribution in [2.45, 2.75) is 26.8 Å². The van der Waals surface area contributed by atoms with Gasteiger partial charge in [-0.25, -0.2) is 0 Å². The second-order valence-electron chi connectivity index (χ2n) is 3.92. The Balaban J connectivity index is 2.81. The fourth-order valence-electron chi connectivity index (χ4n) is 1.79. The average molecular weight is 223 g/mol. The minimum Gasteiger partial charge on any atom is -0.312 e. The number of hydrogen-bond donors (Lipinski definition) is 1. The van der Waals surface area contributed by atoms with Gasteiger partial charge in [-0.3, -0.25) is 0 Å². The van der Waals surface area contributed by atoms with Crippen LogP contribution >= 0.6 is 11.8 Å². The number of thioether (sulfide) groups is 1. The van der Waals surface area contributed by atoms with Gasteiger partial charge < -0.3 is 5.32 Å². The number of hydrogen-bond acceptors (Lipinski definition) is 2. The van der Waals surface area contributed by atoms with E-state index in [0.29, 0.717) is 6.04 Å². The van der Waals surface area contributed by atoms with Gasteiger partial charge in [0.25, 0.3) is 0 Å². The van der Waals surface area contributed by atoms with Crippen LogP contribution in [0.1, 0.15) is 29.7 Å². The standard InChI is InChI=1S/C13H21NS/c1-5-15-9-13(14-4)12-7-10(2)6-11(3)8-12/h6-8,13-14H,5,9H2,1-4H3. The molecular formula is C13H21NS. The summed E-state index contributed by atoms with van der Waals surface area (Å²) in [6.07, 6.45) is 0.